The molecule has 0 bridgehead atoms. The topological polar surface area (TPSA) is 34.1 Å². The average Bonchev–Trinajstić information content (AvgIpc) is 1.92. The molecule has 0 saturated carbocycles. The summed E-state index contributed by atoms with van der Waals surface area (Å²) >= 11 is 7.33. The Morgan fingerprint density at radius 2 is 2.00 bits per heavy atom. The van der Waals surface area contributed by atoms with E-state index < -0.39 is 15.1 Å². The van der Waals surface area contributed by atoms with Crippen molar-refractivity contribution in [3.8, 4) is 0 Å². The molecule has 0 radical (unpaired) electrons. The van der Waals surface area contributed by atoms with E-state index in [9.17, 15) is 12.3 Å². The van der Waals surface area contributed by atoms with E-state index in [-0.39, 0.29) is 5.02 Å². The van der Waals surface area contributed by atoms with Gasteiger partial charge in [0.25, 0.3) is 0 Å². The van der Waals surface area contributed by atoms with Crippen LogP contribution in [0.1, 0.15) is 0 Å². The number of rotatable bonds is 1. The molecule has 0 aliphatic rings. The second kappa shape index (κ2) is 3.47. The summed E-state index contributed by atoms with van der Waals surface area (Å²) in [6.45, 7) is 0. The van der Waals surface area contributed by atoms with Gasteiger partial charge in [0.05, 0.1) is 5.02 Å². The lowest BCUT2D eigenvalue weighted by molar-refractivity contribution is 0.552. The molecule has 1 rings (SSSR count). The van der Waals surface area contributed by atoms with Gasteiger partial charge in [-0.15, -0.1) is 3.89 Å². The van der Waals surface area contributed by atoms with Crippen LogP contribution in [0.25, 0.3) is 0 Å². The average molecular weight is 321 g/mol. The van der Waals surface area contributed by atoms with E-state index in [0.717, 1.165) is 0 Å². The Hall–Kier alpha value is 0.120. The first-order valence-corrected chi connectivity index (χ1v) is 5.65. The summed E-state index contributed by atoms with van der Waals surface area (Å²) in [5, 5.41) is -0.0992. The molecule has 66 valence electrons. The minimum atomic E-state index is -4.69. The fourth-order valence-electron chi connectivity index (χ4n) is 0.664. The van der Waals surface area contributed by atoms with Gasteiger partial charge in [0.2, 0.25) is 0 Å². The van der Waals surface area contributed by atoms with Crippen LogP contribution in [-0.4, -0.2) is 8.42 Å². The van der Waals surface area contributed by atoms with Gasteiger partial charge in [-0.05, 0) is 40.8 Å². The summed E-state index contributed by atoms with van der Waals surface area (Å²) in [5.41, 5.74) is 0. The van der Waals surface area contributed by atoms with Crippen LogP contribution in [0.4, 0.5) is 3.89 Å². The summed E-state index contributed by atoms with van der Waals surface area (Å²) in [4.78, 5) is -0.476. The zero-order valence-electron chi connectivity index (χ0n) is 5.59. The Morgan fingerprint density at radius 3 is 2.42 bits per heavy atom. The first-order chi connectivity index (χ1) is 5.41. The maximum absolute atomic E-state index is 12.4. The van der Waals surface area contributed by atoms with E-state index in [1.54, 1.807) is 6.07 Å². The van der Waals surface area contributed by atoms with E-state index in [1.165, 1.54) is 12.1 Å². The van der Waals surface area contributed by atoms with Crippen molar-refractivity contribution >= 4 is 44.4 Å². The van der Waals surface area contributed by atoms with Gasteiger partial charge < -0.3 is 0 Å². The fraction of sp³-hybridized carbons (Fsp3) is 0. The molecule has 0 atom stereocenters. The Kier molecular flexibility index (Phi) is 2.95. The molecule has 2 nitrogen and oxygen atoms in total. The van der Waals surface area contributed by atoms with Crippen molar-refractivity contribution < 1.29 is 12.3 Å². The fourth-order valence-corrected chi connectivity index (χ4v) is 2.33. The largest absolute Gasteiger partial charge is 0.333 e. The molecular weight excluding hydrogens is 317 g/mol. The van der Waals surface area contributed by atoms with Crippen LogP contribution in [0.15, 0.2) is 23.1 Å². The molecule has 0 fully saturated rings. The van der Waals surface area contributed by atoms with Crippen molar-refractivity contribution in [1.29, 1.82) is 0 Å². The van der Waals surface area contributed by atoms with Gasteiger partial charge in [-0.2, -0.15) is 8.42 Å². The third kappa shape index (κ3) is 2.30. The monoisotopic (exact) mass is 320 g/mol. The summed E-state index contributed by atoms with van der Waals surface area (Å²) in [5.74, 6) is 0. The highest BCUT2D eigenvalue weighted by Gasteiger charge is 2.16. The van der Waals surface area contributed by atoms with E-state index in [0.29, 0.717) is 3.57 Å². The zero-order chi connectivity index (χ0) is 9.35. The Labute approximate surface area is 88.1 Å². The molecule has 0 aliphatic heterocycles. The normalized spacial score (nSPS) is 11.6. The van der Waals surface area contributed by atoms with Gasteiger partial charge in [0.1, 0.15) is 4.90 Å². The van der Waals surface area contributed by atoms with E-state index in [1.807, 2.05) is 22.6 Å². The van der Waals surface area contributed by atoms with Crippen LogP contribution in [0.3, 0.4) is 0 Å². The quantitative estimate of drug-likeness (QED) is 0.589. The Balaban J connectivity index is 3.43. The number of benzene rings is 1. The van der Waals surface area contributed by atoms with Gasteiger partial charge in [0, 0.05) is 3.57 Å². The summed E-state index contributed by atoms with van der Waals surface area (Å²) in [7, 11) is -4.69. The smallest absolute Gasteiger partial charge is 0.189 e. The molecule has 0 aromatic heterocycles. The Morgan fingerprint density at radius 1 is 1.42 bits per heavy atom. The highest BCUT2D eigenvalue weighted by atomic mass is 127. The first kappa shape index (κ1) is 10.2. The number of hydrogen-bond acceptors (Lipinski definition) is 2. The molecular formula is C6H3ClFIO2S. The second-order valence-electron chi connectivity index (χ2n) is 2.01. The van der Waals surface area contributed by atoms with Gasteiger partial charge in [-0.3, -0.25) is 0 Å². The van der Waals surface area contributed by atoms with Crippen molar-refractivity contribution in [2.75, 3.05) is 0 Å². The number of halogens is 3. The van der Waals surface area contributed by atoms with E-state index >= 15 is 0 Å². The van der Waals surface area contributed by atoms with Crippen molar-refractivity contribution in [2.24, 2.45) is 0 Å². The van der Waals surface area contributed by atoms with Crippen molar-refractivity contribution in [3.63, 3.8) is 0 Å². The molecule has 0 N–H and O–H groups in total. The molecule has 12 heavy (non-hydrogen) atoms. The zero-order valence-corrected chi connectivity index (χ0v) is 9.32. The summed E-state index contributed by atoms with van der Waals surface area (Å²) in [6.07, 6.45) is 0. The minimum absolute atomic E-state index is 0.0992. The van der Waals surface area contributed by atoms with E-state index in [4.69, 9.17) is 11.6 Å². The molecule has 1 aromatic rings. The lowest BCUT2D eigenvalue weighted by atomic mass is 10.4. The maximum atomic E-state index is 12.4. The molecule has 0 aliphatic carbocycles. The van der Waals surface area contributed by atoms with E-state index in [2.05, 4.69) is 0 Å². The SMILES string of the molecule is O=S(=O)(F)c1cc(I)ccc1Cl. The summed E-state index contributed by atoms with van der Waals surface area (Å²) in [6, 6.07) is 4.12. The highest BCUT2D eigenvalue weighted by Crippen LogP contribution is 2.24. The van der Waals surface area contributed by atoms with Crippen LogP contribution < -0.4 is 0 Å². The molecule has 1 aromatic carbocycles. The maximum Gasteiger partial charge on any atom is 0.333 e. The predicted molar refractivity (Wildman–Crippen MR) is 52.5 cm³/mol. The lowest BCUT2D eigenvalue weighted by Gasteiger charge is -1.98. The third-order valence-corrected chi connectivity index (χ3v) is 3.13. The Bertz CT molecular complexity index is 404. The standard InChI is InChI=1S/C6H3ClFIO2S/c7-5-2-1-4(9)3-6(5)12(8,10)11/h1-3H. The van der Waals surface area contributed by atoms with Gasteiger partial charge >= 0.3 is 10.2 Å². The second-order valence-corrected chi connectivity index (χ2v) is 4.98. The molecule has 0 unspecified atom stereocenters. The number of hydrogen-bond donors (Lipinski definition) is 0. The van der Waals surface area contributed by atoms with Gasteiger partial charge in [-0.1, -0.05) is 11.6 Å². The lowest BCUT2D eigenvalue weighted by Crippen LogP contribution is -1.93. The molecule has 0 spiro atoms. The molecule has 0 saturated heterocycles. The summed E-state index contributed by atoms with van der Waals surface area (Å²) < 4.78 is 34.0. The van der Waals surface area contributed by atoms with Crippen molar-refractivity contribution in [1.82, 2.24) is 0 Å². The third-order valence-electron chi connectivity index (χ3n) is 1.16. The predicted octanol–water partition coefficient (Wildman–Crippen LogP) is 2.60. The molecule has 6 heteroatoms. The van der Waals surface area contributed by atoms with Gasteiger partial charge in [0.15, 0.2) is 0 Å². The van der Waals surface area contributed by atoms with Crippen LogP contribution >= 0.6 is 34.2 Å². The van der Waals surface area contributed by atoms with Crippen LogP contribution in [0.5, 0.6) is 0 Å². The minimum Gasteiger partial charge on any atom is -0.189 e. The first-order valence-electron chi connectivity index (χ1n) is 2.81. The van der Waals surface area contributed by atoms with Crippen molar-refractivity contribution in [3.05, 3.63) is 26.8 Å². The molecule has 0 heterocycles. The molecule has 0 amide bonds. The highest BCUT2D eigenvalue weighted by molar-refractivity contribution is 14.1. The van der Waals surface area contributed by atoms with Crippen LogP contribution in [0, 0.1) is 3.57 Å². The van der Waals surface area contributed by atoms with Crippen LogP contribution in [0.2, 0.25) is 5.02 Å². The van der Waals surface area contributed by atoms with Crippen LogP contribution in [-0.2, 0) is 10.2 Å². The van der Waals surface area contributed by atoms with Crippen molar-refractivity contribution in [2.45, 2.75) is 4.90 Å². The van der Waals surface area contributed by atoms with Gasteiger partial charge in [-0.25, -0.2) is 0 Å².